The summed E-state index contributed by atoms with van der Waals surface area (Å²) in [5, 5.41) is 3.66. The first kappa shape index (κ1) is 13.5. The Kier molecular flexibility index (Phi) is 3.95. The Morgan fingerprint density at radius 1 is 1.30 bits per heavy atom. The zero-order valence-corrected chi connectivity index (χ0v) is 12.5. The molecule has 20 heavy (non-hydrogen) atoms. The molecule has 0 amide bonds. The quantitative estimate of drug-likeness (QED) is 0.661. The van der Waals surface area contributed by atoms with Crippen molar-refractivity contribution in [3.05, 3.63) is 35.9 Å². The van der Waals surface area contributed by atoms with Gasteiger partial charge in [0.05, 0.1) is 0 Å². The van der Waals surface area contributed by atoms with E-state index in [1.54, 1.807) is 0 Å². The fraction of sp³-hybridized carbons (Fsp3) is 0.588. The van der Waals surface area contributed by atoms with E-state index < -0.39 is 0 Å². The van der Waals surface area contributed by atoms with Crippen molar-refractivity contribution in [3.8, 4) is 0 Å². The van der Waals surface area contributed by atoms with Gasteiger partial charge in [-0.1, -0.05) is 37.3 Å². The Bertz CT molecular complexity index is 468. The number of hydrogen-bond acceptors (Lipinski definition) is 1. The molecule has 1 aliphatic heterocycles. The van der Waals surface area contributed by atoms with Crippen molar-refractivity contribution < 1.29 is 0 Å². The van der Waals surface area contributed by atoms with Crippen LogP contribution in [0.1, 0.15) is 37.7 Å². The lowest BCUT2D eigenvalue weighted by atomic mass is 10.0. The van der Waals surface area contributed by atoms with Crippen molar-refractivity contribution in [2.75, 3.05) is 20.1 Å². The van der Waals surface area contributed by atoms with Gasteiger partial charge < -0.3 is 10.2 Å². The standard InChI is InChI=1S/C17H25N3/c1-13-7-6-10-20(12-13)17(18-2)19-16-11-15(16)14-8-4-3-5-9-14/h3-5,8-9,13,15-16H,6-7,10-12H2,1-2H3,(H,18,19). The highest BCUT2D eigenvalue weighted by Gasteiger charge is 2.39. The van der Waals surface area contributed by atoms with Crippen LogP contribution >= 0.6 is 0 Å². The molecule has 3 unspecified atom stereocenters. The van der Waals surface area contributed by atoms with Gasteiger partial charge >= 0.3 is 0 Å². The molecule has 108 valence electrons. The Hall–Kier alpha value is -1.51. The van der Waals surface area contributed by atoms with Crippen LogP contribution in [0, 0.1) is 5.92 Å². The average molecular weight is 271 g/mol. The van der Waals surface area contributed by atoms with E-state index in [1.165, 1.54) is 24.8 Å². The molecule has 1 aromatic carbocycles. The van der Waals surface area contributed by atoms with Gasteiger partial charge in [-0.05, 0) is 30.7 Å². The first-order valence-electron chi connectivity index (χ1n) is 7.81. The minimum atomic E-state index is 0.563. The van der Waals surface area contributed by atoms with Crippen LogP contribution in [-0.4, -0.2) is 37.0 Å². The lowest BCUT2D eigenvalue weighted by molar-refractivity contribution is 0.265. The van der Waals surface area contributed by atoms with Crippen molar-refractivity contribution in [1.29, 1.82) is 0 Å². The van der Waals surface area contributed by atoms with Gasteiger partial charge in [-0.25, -0.2) is 0 Å². The highest BCUT2D eigenvalue weighted by Crippen LogP contribution is 2.40. The molecule has 3 atom stereocenters. The smallest absolute Gasteiger partial charge is 0.193 e. The monoisotopic (exact) mass is 271 g/mol. The van der Waals surface area contributed by atoms with Crippen LogP contribution in [0.5, 0.6) is 0 Å². The Balaban J connectivity index is 1.58. The summed E-state index contributed by atoms with van der Waals surface area (Å²) in [6, 6.07) is 11.4. The second kappa shape index (κ2) is 5.86. The van der Waals surface area contributed by atoms with Gasteiger partial charge in [0.15, 0.2) is 5.96 Å². The molecule has 1 heterocycles. The molecule has 0 aromatic heterocycles. The van der Waals surface area contributed by atoms with E-state index in [1.807, 2.05) is 7.05 Å². The first-order chi connectivity index (χ1) is 9.78. The van der Waals surface area contributed by atoms with Gasteiger partial charge in [0.25, 0.3) is 0 Å². The van der Waals surface area contributed by atoms with Crippen molar-refractivity contribution in [1.82, 2.24) is 10.2 Å². The van der Waals surface area contributed by atoms with Crippen LogP contribution in [0.2, 0.25) is 0 Å². The van der Waals surface area contributed by atoms with E-state index in [2.05, 4.69) is 52.5 Å². The molecule has 0 spiro atoms. The largest absolute Gasteiger partial charge is 0.353 e. The fourth-order valence-corrected chi connectivity index (χ4v) is 3.27. The summed E-state index contributed by atoms with van der Waals surface area (Å²) >= 11 is 0. The second-order valence-corrected chi connectivity index (χ2v) is 6.24. The lowest BCUT2D eigenvalue weighted by Gasteiger charge is -2.33. The Labute approximate surface area is 122 Å². The van der Waals surface area contributed by atoms with Gasteiger partial charge in [0.2, 0.25) is 0 Å². The number of aliphatic imine (C=N–C) groups is 1. The molecule has 3 rings (SSSR count). The zero-order valence-electron chi connectivity index (χ0n) is 12.5. The van der Waals surface area contributed by atoms with Crippen LogP contribution in [0.4, 0.5) is 0 Å². The molecule has 1 aliphatic carbocycles. The summed E-state index contributed by atoms with van der Waals surface area (Å²) in [5.74, 6) is 2.54. The van der Waals surface area contributed by atoms with Gasteiger partial charge in [-0.15, -0.1) is 0 Å². The molecule has 1 saturated heterocycles. The number of rotatable bonds is 2. The van der Waals surface area contributed by atoms with Crippen LogP contribution < -0.4 is 5.32 Å². The number of benzene rings is 1. The Morgan fingerprint density at radius 3 is 2.80 bits per heavy atom. The van der Waals surface area contributed by atoms with Crippen molar-refractivity contribution in [3.63, 3.8) is 0 Å². The van der Waals surface area contributed by atoms with E-state index in [-0.39, 0.29) is 0 Å². The third-order valence-electron chi connectivity index (χ3n) is 4.50. The molecule has 3 nitrogen and oxygen atoms in total. The van der Waals surface area contributed by atoms with Crippen LogP contribution in [-0.2, 0) is 0 Å². The number of piperidine rings is 1. The maximum atomic E-state index is 4.49. The highest BCUT2D eigenvalue weighted by molar-refractivity contribution is 5.80. The number of hydrogen-bond donors (Lipinski definition) is 1. The molecule has 3 heteroatoms. The predicted molar refractivity (Wildman–Crippen MR) is 84.1 cm³/mol. The summed E-state index contributed by atoms with van der Waals surface area (Å²) in [6.45, 7) is 4.62. The van der Waals surface area contributed by atoms with Crippen molar-refractivity contribution >= 4 is 5.96 Å². The minimum absolute atomic E-state index is 0.563. The van der Waals surface area contributed by atoms with Gasteiger partial charge in [-0.3, -0.25) is 4.99 Å². The minimum Gasteiger partial charge on any atom is -0.353 e. The number of guanidine groups is 1. The first-order valence-corrected chi connectivity index (χ1v) is 7.81. The van der Waals surface area contributed by atoms with E-state index in [9.17, 15) is 0 Å². The average Bonchev–Trinajstić information content (AvgIpc) is 3.25. The summed E-state index contributed by atoms with van der Waals surface area (Å²) in [6.07, 6.45) is 3.87. The van der Waals surface area contributed by atoms with Gasteiger partial charge in [0.1, 0.15) is 0 Å². The second-order valence-electron chi connectivity index (χ2n) is 6.24. The molecular formula is C17H25N3. The third kappa shape index (κ3) is 2.97. The summed E-state index contributed by atoms with van der Waals surface area (Å²) < 4.78 is 0. The van der Waals surface area contributed by atoms with Gasteiger partial charge in [-0.2, -0.15) is 0 Å². The zero-order chi connectivity index (χ0) is 13.9. The predicted octanol–water partition coefficient (Wildman–Crippen LogP) is 2.85. The molecule has 0 radical (unpaired) electrons. The summed E-state index contributed by atoms with van der Waals surface area (Å²) in [7, 11) is 1.90. The van der Waals surface area contributed by atoms with Crippen LogP contribution in [0.15, 0.2) is 35.3 Å². The van der Waals surface area contributed by atoms with E-state index in [4.69, 9.17) is 0 Å². The SMILES string of the molecule is CN=C(NC1CC1c1ccccc1)N1CCCC(C)C1. The molecule has 1 N–H and O–H groups in total. The third-order valence-corrected chi connectivity index (χ3v) is 4.50. The van der Waals surface area contributed by atoms with Crippen molar-refractivity contribution in [2.24, 2.45) is 10.9 Å². The molecular weight excluding hydrogens is 246 g/mol. The molecule has 1 saturated carbocycles. The van der Waals surface area contributed by atoms with E-state index >= 15 is 0 Å². The summed E-state index contributed by atoms with van der Waals surface area (Å²) in [4.78, 5) is 6.91. The molecule has 2 fully saturated rings. The molecule has 1 aromatic rings. The number of nitrogens with one attached hydrogen (secondary N) is 1. The van der Waals surface area contributed by atoms with E-state index in [0.717, 1.165) is 25.0 Å². The maximum absolute atomic E-state index is 4.49. The van der Waals surface area contributed by atoms with Crippen LogP contribution in [0.25, 0.3) is 0 Å². The van der Waals surface area contributed by atoms with E-state index in [0.29, 0.717) is 12.0 Å². The Morgan fingerprint density at radius 2 is 2.10 bits per heavy atom. The molecule has 0 bridgehead atoms. The summed E-state index contributed by atoms with van der Waals surface area (Å²) in [5.41, 5.74) is 1.45. The normalized spacial score (nSPS) is 30.2. The lowest BCUT2D eigenvalue weighted by Crippen LogP contribution is -2.47. The highest BCUT2D eigenvalue weighted by atomic mass is 15.3. The number of likely N-dealkylation sites (tertiary alicyclic amines) is 1. The fourth-order valence-electron chi connectivity index (χ4n) is 3.27. The topological polar surface area (TPSA) is 27.6 Å². The molecule has 2 aliphatic rings. The van der Waals surface area contributed by atoms with Crippen molar-refractivity contribution in [2.45, 2.75) is 38.1 Å². The maximum Gasteiger partial charge on any atom is 0.193 e. The van der Waals surface area contributed by atoms with Gasteiger partial charge in [0, 0.05) is 32.1 Å². The van der Waals surface area contributed by atoms with Crippen LogP contribution in [0.3, 0.4) is 0 Å². The number of nitrogens with zero attached hydrogens (tertiary/aromatic N) is 2.